The lowest BCUT2D eigenvalue weighted by atomic mass is 9.94. The minimum Gasteiger partial charge on any atom is -0.461 e. The van der Waals surface area contributed by atoms with Crippen molar-refractivity contribution < 1.29 is 27.8 Å². The van der Waals surface area contributed by atoms with Crippen LogP contribution >= 0.6 is 0 Å². The van der Waals surface area contributed by atoms with Crippen molar-refractivity contribution in [2.75, 3.05) is 44.7 Å². The van der Waals surface area contributed by atoms with Gasteiger partial charge in [0.2, 0.25) is 0 Å². The Labute approximate surface area is 317 Å². The molecule has 0 saturated carbocycles. The monoisotopic (exact) mass is 750 g/mol. The molecule has 55 heavy (non-hydrogen) atoms. The molecule has 286 valence electrons. The van der Waals surface area contributed by atoms with E-state index in [1.54, 1.807) is 29.2 Å². The van der Waals surface area contributed by atoms with Crippen LogP contribution in [0.3, 0.4) is 0 Å². The molecule has 5 atom stereocenters. The molecule has 2 aromatic heterocycles. The van der Waals surface area contributed by atoms with Crippen LogP contribution in [0.25, 0.3) is 32.9 Å². The summed E-state index contributed by atoms with van der Waals surface area (Å²) in [6.07, 6.45) is 13.1. The molecule has 4 aliphatic heterocycles. The first-order chi connectivity index (χ1) is 26.7. The fraction of sp³-hybridized carbons (Fsp3) is 0.439. The molecule has 0 radical (unpaired) electrons. The van der Waals surface area contributed by atoms with Crippen molar-refractivity contribution in [3.8, 4) is 29.6 Å². The molecule has 2 aromatic carbocycles. The van der Waals surface area contributed by atoms with Crippen LogP contribution < -0.4 is 21.1 Å². The van der Waals surface area contributed by atoms with Gasteiger partial charge >= 0.3 is 12.1 Å². The zero-order chi connectivity index (χ0) is 38.3. The third-order valence-corrected chi connectivity index (χ3v) is 11.6. The van der Waals surface area contributed by atoms with E-state index in [9.17, 15) is 14.0 Å². The van der Waals surface area contributed by atoms with Gasteiger partial charge in [0.05, 0.1) is 22.7 Å². The zero-order valence-corrected chi connectivity index (χ0v) is 30.5. The van der Waals surface area contributed by atoms with Crippen LogP contribution in [0.15, 0.2) is 48.7 Å². The van der Waals surface area contributed by atoms with Crippen molar-refractivity contribution in [3.63, 3.8) is 0 Å². The summed E-state index contributed by atoms with van der Waals surface area (Å²) >= 11 is 0. The summed E-state index contributed by atoms with van der Waals surface area (Å²) in [6.45, 7) is 6.72. The number of benzene rings is 2. The van der Waals surface area contributed by atoms with E-state index in [0.29, 0.717) is 60.1 Å². The van der Waals surface area contributed by atoms with Crippen LogP contribution in [-0.4, -0.2) is 100 Å². The van der Waals surface area contributed by atoms with Crippen LogP contribution in [0.1, 0.15) is 50.5 Å². The molecule has 3 unspecified atom stereocenters. The van der Waals surface area contributed by atoms with Gasteiger partial charge in [-0.1, -0.05) is 42.3 Å². The van der Waals surface area contributed by atoms with Crippen LogP contribution in [0, 0.1) is 29.9 Å². The summed E-state index contributed by atoms with van der Waals surface area (Å²) in [4.78, 5) is 42.0. The molecular weight excluding hydrogens is 706 g/mol. The largest absolute Gasteiger partial charge is 0.461 e. The molecule has 1 amide bonds. The molecule has 4 saturated heterocycles. The highest BCUT2D eigenvalue weighted by molar-refractivity contribution is 6.02. The lowest BCUT2D eigenvalue weighted by molar-refractivity contribution is -0.112. The second-order valence-corrected chi connectivity index (χ2v) is 15.3. The highest BCUT2D eigenvalue weighted by Crippen LogP contribution is 2.45. The van der Waals surface area contributed by atoms with Gasteiger partial charge in [0.1, 0.15) is 42.3 Å². The number of terminal acetylenes is 1. The molecule has 4 N–H and O–H groups in total. The Morgan fingerprint density at radius 3 is 2.87 bits per heavy atom. The molecule has 0 aliphatic carbocycles. The van der Waals surface area contributed by atoms with E-state index in [4.69, 9.17) is 26.6 Å². The van der Waals surface area contributed by atoms with Gasteiger partial charge in [-0.2, -0.15) is 9.97 Å². The Hall–Kier alpha value is -5.23. The van der Waals surface area contributed by atoms with E-state index in [1.165, 1.54) is 12.3 Å². The van der Waals surface area contributed by atoms with E-state index in [1.807, 2.05) is 0 Å². The standard InChI is InChI=1S/C41H44F2N8O4/c1-3-29-32(42)11-9-26-7-4-8-30(34(26)29)36-35(43)37-31(18-45-36)38(46-17-27-10-12-33(44)47-27)49-39(48-37)55-23-41-14-13-28(51(41)19-24(2)16-41)22-54-40(53)50-15-5-6-25(20-50)21-52/h1,4,7-9,11,18,21,25,27-28,33,47H,2,5-6,10,12-17,19-20,22-23,44H2,(H,46,48,49)/t25?,27-,28?,33+,41?/m1/s1. The Bertz CT molecular complexity index is 2210. The number of pyridine rings is 1. The molecule has 8 rings (SSSR count). The van der Waals surface area contributed by atoms with Crippen LogP contribution in [0.2, 0.25) is 0 Å². The number of amides is 1. The number of rotatable bonds is 10. The first-order valence-corrected chi connectivity index (χ1v) is 18.9. The number of aromatic nitrogens is 3. The molecule has 4 aliphatic rings. The quantitative estimate of drug-likeness (QED) is 0.112. The predicted octanol–water partition coefficient (Wildman–Crippen LogP) is 5.14. The van der Waals surface area contributed by atoms with Crippen molar-refractivity contribution >= 4 is 39.9 Å². The highest BCUT2D eigenvalue weighted by atomic mass is 19.1. The minimum atomic E-state index is -0.724. The number of ether oxygens (including phenoxy) is 2. The average molecular weight is 751 g/mol. The number of aldehydes is 1. The second-order valence-electron chi connectivity index (χ2n) is 15.3. The maximum Gasteiger partial charge on any atom is 0.409 e. The molecular formula is C41H44F2N8O4. The smallest absolute Gasteiger partial charge is 0.409 e. The van der Waals surface area contributed by atoms with Crippen molar-refractivity contribution in [2.24, 2.45) is 11.7 Å². The fourth-order valence-electron chi connectivity index (χ4n) is 8.84. The average Bonchev–Trinajstić information content (AvgIpc) is 3.87. The van der Waals surface area contributed by atoms with Crippen molar-refractivity contribution in [2.45, 2.75) is 68.7 Å². The second kappa shape index (κ2) is 15.1. The summed E-state index contributed by atoms with van der Waals surface area (Å²) in [6, 6.07) is 8.10. The number of anilines is 1. The van der Waals surface area contributed by atoms with Gasteiger partial charge in [0, 0.05) is 61.3 Å². The first kappa shape index (κ1) is 36.7. The maximum absolute atomic E-state index is 16.9. The van der Waals surface area contributed by atoms with E-state index in [-0.39, 0.29) is 60.2 Å². The summed E-state index contributed by atoms with van der Waals surface area (Å²) in [7, 11) is 0. The van der Waals surface area contributed by atoms with Crippen LogP contribution in [-0.2, 0) is 9.53 Å². The SMILES string of the molecule is C#Cc1c(F)ccc2cccc(-c3ncc4c(NC[C@H]5CC[C@@H](N)N5)nc(OCC56CCC(COC(=O)N7CCCC(C=O)C7)N5CC(=C)C6)nc4c3F)c12. The number of fused-ring (bicyclic) bond motifs is 3. The number of hydrogen-bond acceptors (Lipinski definition) is 11. The molecule has 6 heterocycles. The van der Waals surface area contributed by atoms with Gasteiger partial charge in [-0.15, -0.1) is 6.42 Å². The normalized spacial score (nSPS) is 25.3. The molecule has 4 fully saturated rings. The number of piperidine rings is 1. The van der Waals surface area contributed by atoms with Crippen molar-refractivity contribution in [3.05, 3.63) is 65.9 Å². The fourth-order valence-corrected chi connectivity index (χ4v) is 8.84. The predicted molar refractivity (Wildman–Crippen MR) is 204 cm³/mol. The van der Waals surface area contributed by atoms with Gasteiger partial charge in [-0.05, 0) is 56.4 Å². The number of carbonyl (C=O) groups is 2. The zero-order valence-electron chi connectivity index (χ0n) is 30.5. The Balaban J connectivity index is 1.08. The Kier molecular flexibility index (Phi) is 10.1. The van der Waals surface area contributed by atoms with Crippen LogP contribution in [0.5, 0.6) is 6.01 Å². The topological polar surface area (TPSA) is 148 Å². The number of nitrogens with one attached hydrogen (secondary N) is 2. The number of hydrogen-bond donors (Lipinski definition) is 3. The van der Waals surface area contributed by atoms with Gasteiger partial charge in [-0.25, -0.2) is 13.6 Å². The number of nitrogens with zero attached hydrogens (tertiary/aromatic N) is 5. The lowest BCUT2D eigenvalue weighted by Crippen LogP contribution is -2.48. The van der Waals surface area contributed by atoms with E-state index in [0.717, 1.165) is 50.4 Å². The summed E-state index contributed by atoms with van der Waals surface area (Å²) in [5.41, 5.74) is 6.99. The first-order valence-electron chi connectivity index (χ1n) is 18.9. The third kappa shape index (κ3) is 7.08. The maximum atomic E-state index is 16.9. The third-order valence-electron chi connectivity index (χ3n) is 11.6. The summed E-state index contributed by atoms with van der Waals surface area (Å²) in [5, 5.41) is 8.07. The lowest BCUT2D eigenvalue weighted by Gasteiger charge is -2.34. The number of halogens is 2. The highest BCUT2D eigenvalue weighted by Gasteiger charge is 2.51. The van der Waals surface area contributed by atoms with Crippen molar-refractivity contribution in [1.29, 1.82) is 0 Å². The van der Waals surface area contributed by atoms with Gasteiger partial charge in [-0.3, -0.25) is 15.2 Å². The number of likely N-dealkylation sites (tertiary alicyclic amines) is 1. The van der Waals surface area contributed by atoms with Gasteiger partial charge in [0.15, 0.2) is 5.82 Å². The van der Waals surface area contributed by atoms with Gasteiger partial charge in [0.25, 0.3) is 0 Å². The van der Waals surface area contributed by atoms with E-state index >= 15 is 4.39 Å². The minimum absolute atomic E-state index is 0.0137. The van der Waals surface area contributed by atoms with Gasteiger partial charge < -0.3 is 30.2 Å². The molecule has 4 aromatic rings. The Morgan fingerprint density at radius 2 is 2.07 bits per heavy atom. The molecule has 0 spiro atoms. The Morgan fingerprint density at radius 1 is 1.20 bits per heavy atom. The molecule has 14 heteroatoms. The van der Waals surface area contributed by atoms with Crippen molar-refractivity contribution in [1.82, 2.24) is 30.1 Å². The molecule has 12 nitrogen and oxygen atoms in total. The van der Waals surface area contributed by atoms with E-state index < -0.39 is 23.3 Å². The molecule has 0 bridgehead atoms. The van der Waals surface area contributed by atoms with Crippen LogP contribution in [0.4, 0.5) is 19.4 Å². The van der Waals surface area contributed by atoms with E-state index in [2.05, 4.69) is 38.0 Å². The summed E-state index contributed by atoms with van der Waals surface area (Å²) in [5.74, 6) is 1.31. The number of carbonyl (C=O) groups excluding carboxylic acids is 2. The summed E-state index contributed by atoms with van der Waals surface area (Å²) < 4.78 is 43.9. The number of nitrogens with two attached hydrogens (primary N) is 1.